The summed E-state index contributed by atoms with van der Waals surface area (Å²) < 4.78 is 0. The molecule has 0 saturated carbocycles. The van der Waals surface area contributed by atoms with Crippen molar-refractivity contribution in [3.63, 3.8) is 0 Å². The minimum absolute atomic E-state index is 0.705. The summed E-state index contributed by atoms with van der Waals surface area (Å²) >= 11 is 0. The van der Waals surface area contributed by atoms with Gasteiger partial charge in [-0.15, -0.1) is 0 Å². The van der Waals surface area contributed by atoms with Crippen molar-refractivity contribution in [2.24, 2.45) is 10.7 Å². The molecule has 0 rings (SSSR count). The van der Waals surface area contributed by atoms with Crippen molar-refractivity contribution in [1.29, 1.82) is 0 Å². The number of nitrogens with two attached hydrogens (primary N) is 1. The van der Waals surface area contributed by atoms with Crippen LogP contribution in [0, 0.1) is 0 Å². The van der Waals surface area contributed by atoms with Crippen LogP contribution in [0.1, 0.15) is 13.8 Å². The van der Waals surface area contributed by atoms with Gasteiger partial charge in [-0.25, -0.2) is 0 Å². The smallest absolute Gasteiger partial charge is 0.0455 e. The molecule has 0 aliphatic carbocycles. The molecule has 2 heteroatoms. The number of hydrogen-bond donors (Lipinski definition) is 1. The molecular formula is C7H12N2. The molecule has 0 aromatic carbocycles. The zero-order valence-electron chi connectivity index (χ0n) is 5.89. The first-order chi connectivity index (χ1) is 4.16. The van der Waals surface area contributed by atoms with Crippen molar-refractivity contribution in [2.45, 2.75) is 13.8 Å². The van der Waals surface area contributed by atoms with Crippen LogP contribution in [0.5, 0.6) is 0 Å². The number of allylic oxidation sites excluding steroid dienone is 2. The van der Waals surface area contributed by atoms with Crippen molar-refractivity contribution < 1.29 is 0 Å². The van der Waals surface area contributed by atoms with Gasteiger partial charge in [0, 0.05) is 17.6 Å². The van der Waals surface area contributed by atoms with Gasteiger partial charge in [0.15, 0.2) is 0 Å². The second-order valence-electron chi connectivity index (χ2n) is 1.85. The third-order valence-electron chi connectivity index (χ3n) is 0.767. The van der Waals surface area contributed by atoms with Crippen LogP contribution < -0.4 is 5.73 Å². The Balaban J connectivity index is 3.98. The molecule has 2 N–H and O–H groups in total. The molecule has 50 valence electrons. The first-order valence-electron chi connectivity index (χ1n) is 2.76. The zero-order chi connectivity index (χ0) is 7.28. The summed E-state index contributed by atoms with van der Waals surface area (Å²) in [7, 11) is 0. The highest BCUT2D eigenvalue weighted by Crippen LogP contribution is 1.83. The van der Waals surface area contributed by atoms with Gasteiger partial charge in [-0.05, 0) is 19.9 Å². The van der Waals surface area contributed by atoms with Crippen LogP contribution in [0.15, 0.2) is 29.5 Å². The summed E-state index contributed by atoms with van der Waals surface area (Å²) in [6.07, 6.45) is 3.29. The van der Waals surface area contributed by atoms with Crippen LogP contribution >= 0.6 is 0 Å². The van der Waals surface area contributed by atoms with E-state index in [9.17, 15) is 0 Å². The number of aliphatic imine (C=N–C) groups is 1. The molecule has 0 radical (unpaired) electrons. The maximum atomic E-state index is 5.32. The van der Waals surface area contributed by atoms with Gasteiger partial charge < -0.3 is 5.73 Å². The quantitative estimate of drug-likeness (QED) is 0.556. The van der Waals surface area contributed by atoms with Gasteiger partial charge in [-0.1, -0.05) is 6.58 Å². The zero-order valence-corrected chi connectivity index (χ0v) is 5.89. The van der Waals surface area contributed by atoms with E-state index in [-0.39, 0.29) is 0 Å². The van der Waals surface area contributed by atoms with Gasteiger partial charge in [-0.2, -0.15) is 0 Å². The highest BCUT2D eigenvalue weighted by Gasteiger charge is 1.76. The molecule has 0 amide bonds. The Kier molecular flexibility index (Phi) is 3.44. The predicted molar refractivity (Wildman–Crippen MR) is 41.3 cm³/mol. The van der Waals surface area contributed by atoms with Crippen molar-refractivity contribution in [3.05, 3.63) is 24.6 Å². The van der Waals surface area contributed by atoms with Gasteiger partial charge in [-0.3, -0.25) is 4.99 Å². The summed E-state index contributed by atoms with van der Waals surface area (Å²) in [6.45, 7) is 7.20. The SMILES string of the molecule is C=C/C(C)=N\C=C(\C)N. The lowest BCUT2D eigenvalue weighted by Crippen LogP contribution is -1.89. The molecule has 0 saturated heterocycles. The Labute approximate surface area is 55.8 Å². The van der Waals surface area contributed by atoms with Gasteiger partial charge in [0.05, 0.1) is 0 Å². The lowest BCUT2D eigenvalue weighted by atomic mass is 10.4. The van der Waals surface area contributed by atoms with Crippen LogP contribution in [0.4, 0.5) is 0 Å². The normalized spacial score (nSPS) is 13.6. The van der Waals surface area contributed by atoms with Crippen LogP contribution in [0.2, 0.25) is 0 Å². The van der Waals surface area contributed by atoms with E-state index in [4.69, 9.17) is 5.73 Å². The molecule has 0 aliphatic rings. The second kappa shape index (κ2) is 3.89. The molecule has 0 aromatic heterocycles. The molecule has 0 aromatic rings. The van der Waals surface area contributed by atoms with E-state index in [0.717, 1.165) is 5.71 Å². The minimum Gasteiger partial charge on any atom is -0.401 e. The summed E-state index contributed by atoms with van der Waals surface area (Å²) in [5.74, 6) is 0. The van der Waals surface area contributed by atoms with Crippen LogP contribution in [-0.2, 0) is 0 Å². The van der Waals surface area contributed by atoms with E-state index in [2.05, 4.69) is 11.6 Å². The maximum absolute atomic E-state index is 5.32. The van der Waals surface area contributed by atoms with E-state index in [1.165, 1.54) is 0 Å². The largest absolute Gasteiger partial charge is 0.401 e. The number of hydrogen-bond acceptors (Lipinski definition) is 2. The fourth-order valence-electron chi connectivity index (χ4n) is 0.256. The van der Waals surface area contributed by atoms with E-state index in [0.29, 0.717) is 5.70 Å². The Morgan fingerprint density at radius 2 is 2.11 bits per heavy atom. The summed E-state index contributed by atoms with van der Waals surface area (Å²) in [5, 5.41) is 0. The topological polar surface area (TPSA) is 38.4 Å². The summed E-state index contributed by atoms with van der Waals surface area (Å²) in [4.78, 5) is 3.95. The maximum Gasteiger partial charge on any atom is 0.0455 e. The third-order valence-corrected chi connectivity index (χ3v) is 0.767. The Hall–Kier alpha value is -1.05. The molecule has 0 heterocycles. The van der Waals surface area contributed by atoms with Crippen molar-refractivity contribution in [2.75, 3.05) is 0 Å². The average Bonchev–Trinajstić information content (AvgIpc) is 1.83. The summed E-state index contributed by atoms with van der Waals surface area (Å²) in [5.41, 5.74) is 6.89. The van der Waals surface area contributed by atoms with E-state index in [1.807, 2.05) is 6.92 Å². The Morgan fingerprint density at radius 3 is 2.44 bits per heavy atom. The van der Waals surface area contributed by atoms with Crippen LogP contribution in [0.25, 0.3) is 0 Å². The average molecular weight is 124 g/mol. The monoisotopic (exact) mass is 124 g/mol. The lowest BCUT2D eigenvalue weighted by Gasteiger charge is -1.86. The molecule has 0 bridgehead atoms. The van der Waals surface area contributed by atoms with Crippen LogP contribution in [-0.4, -0.2) is 5.71 Å². The molecule has 0 unspecified atom stereocenters. The summed E-state index contributed by atoms with van der Waals surface area (Å²) in [6, 6.07) is 0. The first-order valence-corrected chi connectivity index (χ1v) is 2.76. The Bertz CT molecular complexity index is 150. The van der Waals surface area contributed by atoms with E-state index in [1.54, 1.807) is 19.2 Å². The van der Waals surface area contributed by atoms with Gasteiger partial charge >= 0.3 is 0 Å². The molecule has 9 heavy (non-hydrogen) atoms. The molecule has 2 nitrogen and oxygen atoms in total. The predicted octanol–water partition coefficient (Wildman–Crippen LogP) is 1.45. The van der Waals surface area contributed by atoms with Crippen molar-refractivity contribution in [1.82, 2.24) is 0 Å². The molecule has 0 aliphatic heterocycles. The van der Waals surface area contributed by atoms with E-state index >= 15 is 0 Å². The second-order valence-corrected chi connectivity index (χ2v) is 1.85. The molecule has 0 fully saturated rings. The third kappa shape index (κ3) is 4.81. The minimum atomic E-state index is 0.705. The highest BCUT2D eigenvalue weighted by atomic mass is 14.7. The first kappa shape index (κ1) is 7.95. The van der Waals surface area contributed by atoms with Gasteiger partial charge in [0.25, 0.3) is 0 Å². The number of rotatable bonds is 2. The van der Waals surface area contributed by atoms with Crippen molar-refractivity contribution >= 4 is 5.71 Å². The highest BCUT2D eigenvalue weighted by molar-refractivity contribution is 5.92. The molecule has 0 atom stereocenters. The number of nitrogens with zero attached hydrogens (tertiary/aromatic N) is 1. The molecular weight excluding hydrogens is 112 g/mol. The van der Waals surface area contributed by atoms with Crippen molar-refractivity contribution in [3.8, 4) is 0 Å². The van der Waals surface area contributed by atoms with Gasteiger partial charge in [0.2, 0.25) is 0 Å². The van der Waals surface area contributed by atoms with E-state index < -0.39 is 0 Å². The Morgan fingerprint density at radius 1 is 1.56 bits per heavy atom. The fraction of sp³-hybridized carbons (Fsp3) is 0.286. The van der Waals surface area contributed by atoms with Gasteiger partial charge in [0.1, 0.15) is 0 Å². The lowest BCUT2D eigenvalue weighted by molar-refractivity contribution is 1.27. The molecule has 0 spiro atoms. The fourth-order valence-corrected chi connectivity index (χ4v) is 0.256. The standard InChI is InChI=1S/C7H12N2/c1-4-7(3)9-5-6(2)8/h4-5H,1,8H2,2-3H3/b6-5-,9-7-. The van der Waals surface area contributed by atoms with Crippen LogP contribution in [0.3, 0.4) is 0 Å².